The first-order valence-corrected chi connectivity index (χ1v) is 7.79. The molecular weight excluding hydrogens is 292 g/mol. The number of aromatic nitrogens is 2. The van der Waals surface area contributed by atoms with Crippen LogP contribution in [0, 0.1) is 5.92 Å². The van der Waals surface area contributed by atoms with E-state index in [2.05, 4.69) is 28.4 Å². The lowest BCUT2D eigenvalue weighted by atomic mass is 10.2. The van der Waals surface area contributed by atoms with E-state index in [1.54, 1.807) is 11.6 Å². The van der Waals surface area contributed by atoms with Crippen molar-refractivity contribution in [1.82, 2.24) is 9.55 Å². The third-order valence-corrected chi connectivity index (χ3v) is 3.65. The Morgan fingerprint density at radius 3 is 3.04 bits per heavy atom. The van der Waals surface area contributed by atoms with Crippen LogP contribution in [0.2, 0.25) is 0 Å². The largest absolute Gasteiger partial charge is 0.379 e. The van der Waals surface area contributed by atoms with E-state index in [-0.39, 0.29) is 5.56 Å². The van der Waals surface area contributed by atoms with E-state index < -0.39 is 0 Å². The van der Waals surface area contributed by atoms with Gasteiger partial charge < -0.3 is 9.64 Å². The molecule has 0 N–H and O–H groups in total. The zero-order valence-corrected chi connectivity index (χ0v) is 14.0. The van der Waals surface area contributed by atoms with Gasteiger partial charge in [0.2, 0.25) is 5.95 Å². The molecule has 0 bridgehead atoms. The van der Waals surface area contributed by atoms with Crippen LogP contribution in [0.4, 0.5) is 5.95 Å². The fourth-order valence-electron chi connectivity index (χ4n) is 2.55. The number of anilines is 1. The Hall–Kier alpha value is -2.21. The average Bonchev–Trinajstić information content (AvgIpc) is 2.74. The van der Waals surface area contributed by atoms with Gasteiger partial charge in [0.1, 0.15) is 0 Å². The van der Waals surface area contributed by atoms with Crippen molar-refractivity contribution < 1.29 is 4.74 Å². The van der Waals surface area contributed by atoms with Crippen LogP contribution in [-0.2, 0) is 11.8 Å². The number of nitrogens with zero attached hydrogens (tertiary/aromatic N) is 4. The number of hydrogen-bond acceptors (Lipinski definition) is 5. The van der Waals surface area contributed by atoms with Crippen LogP contribution in [0.25, 0.3) is 0 Å². The van der Waals surface area contributed by atoms with Gasteiger partial charge >= 0.3 is 0 Å². The lowest BCUT2D eigenvalue weighted by Crippen LogP contribution is -2.35. The molecule has 1 fully saturated rings. The lowest BCUT2D eigenvalue weighted by molar-refractivity contribution is 0.129. The highest BCUT2D eigenvalue weighted by atomic mass is 16.5. The third-order valence-electron chi connectivity index (χ3n) is 3.65. The lowest BCUT2D eigenvalue weighted by Gasteiger charge is -2.25. The molecule has 0 aromatic carbocycles. The van der Waals surface area contributed by atoms with Crippen LogP contribution in [0.3, 0.4) is 0 Å². The zero-order chi connectivity index (χ0) is 16.8. The molecule has 124 valence electrons. The summed E-state index contributed by atoms with van der Waals surface area (Å²) in [5.41, 5.74) is 1.07. The van der Waals surface area contributed by atoms with Crippen LogP contribution >= 0.6 is 0 Å². The van der Waals surface area contributed by atoms with Crippen molar-refractivity contribution in [1.29, 1.82) is 0 Å². The van der Waals surface area contributed by atoms with Gasteiger partial charge in [-0.05, 0) is 18.9 Å². The molecule has 0 radical (unpaired) electrons. The molecule has 2 rings (SSSR count). The SMILES string of the molecule is C=C/N=C(\C=C/C)c1cc(=O)n(C)c(N2CCOCC(C)C2)n1. The van der Waals surface area contributed by atoms with Crippen molar-refractivity contribution in [2.24, 2.45) is 18.0 Å². The van der Waals surface area contributed by atoms with E-state index in [0.717, 1.165) is 13.2 Å². The van der Waals surface area contributed by atoms with Crippen LogP contribution in [0.15, 0.2) is 40.8 Å². The van der Waals surface area contributed by atoms with Gasteiger partial charge in [-0.1, -0.05) is 19.6 Å². The molecule has 6 nitrogen and oxygen atoms in total. The molecule has 1 atom stereocenters. The minimum Gasteiger partial charge on any atom is -0.379 e. The Morgan fingerprint density at radius 2 is 2.35 bits per heavy atom. The molecule has 0 saturated carbocycles. The molecule has 23 heavy (non-hydrogen) atoms. The molecular formula is C17H24N4O2. The van der Waals surface area contributed by atoms with Crippen LogP contribution in [0.5, 0.6) is 0 Å². The van der Waals surface area contributed by atoms with Gasteiger partial charge in [-0.25, -0.2) is 4.98 Å². The zero-order valence-electron chi connectivity index (χ0n) is 14.0. The second kappa shape index (κ2) is 7.87. The molecule has 1 aromatic rings. The van der Waals surface area contributed by atoms with E-state index in [4.69, 9.17) is 4.74 Å². The van der Waals surface area contributed by atoms with E-state index in [1.807, 2.05) is 19.1 Å². The molecule has 0 aliphatic carbocycles. The Kier molecular flexibility index (Phi) is 5.87. The topological polar surface area (TPSA) is 59.7 Å². The Morgan fingerprint density at radius 1 is 1.57 bits per heavy atom. The third kappa shape index (κ3) is 4.16. The molecule has 1 aliphatic heterocycles. The first-order valence-electron chi connectivity index (χ1n) is 7.79. The summed E-state index contributed by atoms with van der Waals surface area (Å²) in [5.74, 6) is 1.03. The highest BCUT2D eigenvalue weighted by Gasteiger charge is 2.20. The summed E-state index contributed by atoms with van der Waals surface area (Å²) >= 11 is 0. The second-order valence-corrected chi connectivity index (χ2v) is 5.66. The summed E-state index contributed by atoms with van der Waals surface area (Å²) in [4.78, 5) is 23.3. The highest BCUT2D eigenvalue weighted by Crippen LogP contribution is 2.15. The summed E-state index contributed by atoms with van der Waals surface area (Å²) < 4.78 is 7.15. The Balaban J connectivity index is 2.49. The van der Waals surface area contributed by atoms with E-state index >= 15 is 0 Å². The van der Waals surface area contributed by atoms with Crippen molar-refractivity contribution in [2.75, 3.05) is 31.2 Å². The Bertz CT molecular complexity index is 676. The Labute approximate surface area is 136 Å². The number of rotatable bonds is 4. The van der Waals surface area contributed by atoms with Gasteiger partial charge in [-0.3, -0.25) is 14.4 Å². The molecule has 1 saturated heterocycles. The quantitative estimate of drug-likeness (QED) is 0.794. The number of allylic oxidation sites excluding steroid dienone is 2. The maximum Gasteiger partial charge on any atom is 0.255 e. The standard InChI is InChI=1S/C17H24N4O2/c1-5-7-14(18-6-2)15-10-16(22)20(4)17(19-15)21-8-9-23-12-13(3)11-21/h5-7,10,13H,2,8-9,11-12H2,1,3-4H3/b7-5-,18-14+. The number of ether oxygens (including phenoxy) is 1. The van der Waals surface area contributed by atoms with Gasteiger partial charge in [-0.15, -0.1) is 0 Å². The van der Waals surface area contributed by atoms with Gasteiger partial charge in [0.15, 0.2) is 0 Å². The number of hydrogen-bond donors (Lipinski definition) is 0. The highest BCUT2D eigenvalue weighted by molar-refractivity contribution is 6.07. The van der Waals surface area contributed by atoms with Gasteiger partial charge in [0.25, 0.3) is 5.56 Å². The minimum absolute atomic E-state index is 0.107. The molecule has 0 amide bonds. The maximum absolute atomic E-state index is 12.3. The first-order chi connectivity index (χ1) is 11.1. The predicted octanol–water partition coefficient (Wildman–Crippen LogP) is 1.76. The fourth-order valence-corrected chi connectivity index (χ4v) is 2.55. The van der Waals surface area contributed by atoms with Crippen molar-refractivity contribution in [2.45, 2.75) is 13.8 Å². The number of aliphatic imine (C=N–C) groups is 1. The van der Waals surface area contributed by atoms with E-state index in [0.29, 0.717) is 36.4 Å². The van der Waals surface area contributed by atoms with Crippen LogP contribution in [0.1, 0.15) is 19.5 Å². The summed E-state index contributed by atoms with van der Waals surface area (Å²) in [6.07, 6.45) is 5.14. The molecule has 1 aliphatic rings. The van der Waals surface area contributed by atoms with Crippen LogP contribution < -0.4 is 10.5 Å². The first kappa shape index (κ1) is 17.1. The summed E-state index contributed by atoms with van der Waals surface area (Å²) in [7, 11) is 1.74. The van der Waals surface area contributed by atoms with Crippen molar-refractivity contribution in [3.63, 3.8) is 0 Å². The minimum atomic E-state index is -0.107. The molecule has 2 heterocycles. The van der Waals surface area contributed by atoms with Gasteiger partial charge in [-0.2, -0.15) is 0 Å². The van der Waals surface area contributed by atoms with Crippen molar-refractivity contribution in [3.05, 3.63) is 47.0 Å². The predicted molar refractivity (Wildman–Crippen MR) is 93.2 cm³/mol. The fraction of sp³-hybridized carbons (Fsp3) is 0.471. The van der Waals surface area contributed by atoms with Crippen LogP contribution in [-0.4, -0.2) is 41.6 Å². The molecule has 1 aromatic heterocycles. The summed E-state index contributed by atoms with van der Waals surface area (Å²) in [6.45, 7) is 10.5. The monoisotopic (exact) mass is 316 g/mol. The van der Waals surface area contributed by atoms with E-state index in [9.17, 15) is 4.79 Å². The normalized spacial score (nSPS) is 19.9. The van der Waals surface area contributed by atoms with Gasteiger partial charge in [0, 0.05) is 32.4 Å². The van der Waals surface area contributed by atoms with E-state index in [1.165, 1.54) is 12.3 Å². The maximum atomic E-state index is 12.3. The molecule has 6 heteroatoms. The second-order valence-electron chi connectivity index (χ2n) is 5.66. The van der Waals surface area contributed by atoms with Gasteiger partial charge in [0.05, 0.1) is 24.6 Å². The molecule has 1 unspecified atom stereocenters. The van der Waals surface area contributed by atoms with Crippen molar-refractivity contribution in [3.8, 4) is 0 Å². The van der Waals surface area contributed by atoms with Crippen molar-refractivity contribution >= 4 is 11.7 Å². The smallest absolute Gasteiger partial charge is 0.255 e. The summed E-state index contributed by atoms with van der Waals surface area (Å²) in [6, 6.07) is 1.50. The average molecular weight is 316 g/mol. The molecule has 0 spiro atoms. The summed E-state index contributed by atoms with van der Waals surface area (Å²) in [5, 5.41) is 0.